The largest absolute Gasteiger partial charge is 0.492 e. The first kappa shape index (κ1) is 10.2. The smallest absolute Gasteiger partial charge is 0.137 e. The van der Waals surface area contributed by atoms with Crippen LogP contribution in [0, 0.1) is 9.49 Å². The zero-order chi connectivity index (χ0) is 10.1. The van der Waals surface area contributed by atoms with E-state index in [0.717, 1.165) is 12.4 Å². The molecule has 76 valence electrons. The summed E-state index contributed by atoms with van der Waals surface area (Å²) in [6.07, 6.45) is 0. The summed E-state index contributed by atoms with van der Waals surface area (Å²) in [5.41, 5.74) is 1.29. The van der Waals surface area contributed by atoms with E-state index >= 15 is 0 Å². The minimum Gasteiger partial charge on any atom is -0.492 e. The molecule has 0 saturated heterocycles. The highest BCUT2D eigenvalue weighted by molar-refractivity contribution is 14.1. The van der Waals surface area contributed by atoms with Crippen LogP contribution in [0.15, 0.2) is 18.2 Å². The van der Waals surface area contributed by atoms with E-state index in [-0.39, 0.29) is 0 Å². The monoisotopic (exact) mass is 303 g/mol. The Morgan fingerprint density at radius 3 is 3.00 bits per heavy atom. The maximum atomic E-state index is 5.75. The Balaban J connectivity index is 2.46. The van der Waals surface area contributed by atoms with Crippen molar-refractivity contribution in [3.63, 3.8) is 0 Å². The number of hydrogen-bond donors (Lipinski definition) is 1. The Kier molecular flexibility index (Phi) is 2.97. The molecule has 0 aromatic heterocycles. The number of ether oxygens (including phenoxy) is 1. The molecule has 2 rings (SSSR count). The number of rotatable bonds is 1. The van der Waals surface area contributed by atoms with Crippen molar-refractivity contribution in [2.45, 2.75) is 13.0 Å². The van der Waals surface area contributed by atoms with Crippen LogP contribution >= 0.6 is 22.6 Å². The van der Waals surface area contributed by atoms with Gasteiger partial charge in [0.25, 0.3) is 0 Å². The fourth-order valence-electron chi connectivity index (χ4n) is 1.98. The van der Waals surface area contributed by atoms with Gasteiger partial charge in [-0.2, -0.15) is 0 Å². The SMILES string of the molecule is CNC1c2cccc(I)c2OCC1C. The number of nitrogens with one attached hydrogen (secondary N) is 1. The third-order valence-corrected chi connectivity index (χ3v) is 3.55. The lowest BCUT2D eigenvalue weighted by Crippen LogP contribution is -2.32. The van der Waals surface area contributed by atoms with Gasteiger partial charge in [0.1, 0.15) is 5.75 Å². The van der Waals surface area contributed by atoms with Crippen LogP contribution in [-0.4, -0.2) is 13.7 Å². The number of fused-ring (bicyclic) bond motifs is 1. The van der Waals surface area contributed by atoms with Crippen molar-refractivity contribution in [2.24, 2.45) is 5.92 Å². The highest BCUT2D eigenvalue weighted by atomic mass is 127. The molecule has 0 aliphatic carbocycles. The maximum absolute atomic E-state index is 5.75. The van der Waals surface area contributed by atoms with Gasteiger partial charge in [-0.15, -0.1) is 0 Å². The van der Waals surface area contributed by atoms with Gasteiger partial charge in [0.05, 0.1) is 10.2 Å². The van der Waals surface area contributed by atoms with Crippen molar-refractivity contribution in [1.29, 1.82) is 0 Å². The summed E-state index contributed by atoms with van der Waals surface area (Å²) in [6, 6.07) is 6.75. The van der Waals surface area contributed by atoms with Gasteiger partial charge in [-0.05, 0) is 35.7 Å². The molecular formula is C11H14INO. The number of benzene rings is 1. The second-order valence-corrected chi connectivity index (χ2v) is 4.88. The number of para-hydroxylation sites is 1. The molecule has 3 heteroatoms. The fourth-order valence-corrected chi connectivity index (χ4v) is 2.65. The number of halogens is 1. The van der Waals surface area contributed by atoms with Crippen LogP contribution in [0.1, 0.15) is 18.5 Å². The molecule has 2 nitrogen and oxygen atoms in total. The van der Waals surface area contributed by atoms with Gasteiger partial charge in [-0.3, -0.25) is 0 Å². The van der Waals surface area contributed by atoms with E-state index < -0.39 is 0 Å². The molecule has 14 heavy (non-hydrogen) atoms. The predicted molar refractivity (Wildman–Crippen MR) is 65.6 cm³/mol. The van der Waals surface area contributed by atoms with Crippen molar-refractivity contribution in [3.05, 3.63) is 27.3 Å². The predicted octanol–water partition coefficient (Wildman–Crippen LogP) is 2.58. The lowest BCUT2D eigenvalue weighted by Gasteiger charge is -2.31. The highest BCUT2D eigenvalue weighted by Crippen LogP contribution is 2.37. The molecule has 1 N–H and O–H groups in total. The van der Waals surface area contributed by atoms with Crippen LogP contribution in [-0.2, 0) is 0 Å². The van der Waals surface area contributed by atoms with Gasteiger partial charge in [0.15, 0.2) is 0 Å². The zero-order valence-electron chi connectivity index (χ0n) is 8.38. The van der Waals surface area contributed by atoms with Gasteiger partial charge in [0, 0.05) is 17.5 Å². The lowest BCUT2D eigenvalue weighted by molar-refractivity contribution is 0.192. The molecule has 1 aromatic rings. The minimum absolute atomic E-state index is 0.425. The summed E-state index contributed by atoms with van der Waals surface area (Å²) in [5.74, 6) is 1.59. The van der Waals surface area contributed by atoms with E-state index in [0.29, 0.717) is 12.0 Å². The molecule has 1 aliphatic rings. The van der Waals surface area contributed by atoms with Gasteiger partial charge >= 0.3 is 0 Å². The van der Waals surface area contributed by atoms with E-state index in [2.05, 4.69) is 53.0 Å². The molecular weight excluding hydrogens is 289 g/mol. The van der Waals surface area contributed by atoms with E-state index in [1.807, 2.05) is 7.05 Å². The quantitative estimate of drug-likeness (QED) is 0.805. The Morgan fingerprint density at radius 1 is 1.50 bits per heavy atom. The summed E-state index contributed by atoms with van der Waals surface area (Å²) in [6.45, 7) is 3.02. The van der Waals surface area contributed by atoms with E-state index in [4.69, 9.17) is 4.74 Å². The third kappa shape index (κ3) is 1.63. The maximum Gasteiger partial charge on any atom is 0.137 e. The third-order valence-electron chi connectivity index (χ3n) is 2.70. The van der Waals surface area contributed by atoms with Crippen molar-refractivity contribution >= 4 is 22.6 Å². The van der Waals surface area contributed by atoms with Crippen LogP contribution in [0.2, 0.25) is 0 Å². The number of hydrogen-bond acceptors (Lipinski definition) is 2. The van der Waals surface area contributed by atoms with Crippen LogP contribution in [0.3, 0.4) is 0 Å². The summed E-state index contributed by atoms with van der Waals surface area (Å²) < 4.78 is 6.95. The van der Waals surface area contributed by atoms with E-state index in [1.165, 1.54) is 9.13 Å². The summed E-state index contributed by atoms with van der Waals surface area (Å²) in [5, 5.41) is 3.35. The first-order chi connectivity index (χ1) is 6.74. The van der Waals surface area contributed by atoms with Crippen LogP contribution in [0.25, 0.3) is 0 Å². The summed E-state index contributed by atoms with van der Waals surface area (Å²) >= 11 is 2.32. The Labute approximate surface area is 98.2 Å². The molecule has 0 fully saturated rings. The lowest BCUT2D eigenvalue weighted by atomic mass is 9.92. The van der Waals surface area contributed by atoms with Gasteiger partial charge < -0.3 is 10.1 Å². The fraction of sp³-hybridized carbons (Fsp3) is 0.455. The summed E-state index contributed by atoms with van der Waals surface area (Å²) in [7, 11) is 2.01. The minimum atomic E-state index is 0.425. The van der Waals surface area contributed by atoms with Gasteiger partial charge in [-0.25, -0.2) is 0 Å². The van der Waals surface area contributed by atoms with E-state index in [9.17, 15) is 0 Å². The molecule has 0 saturated carbocycles. The molecule has 0 spiro atoms. The van der Waals surface area contributed by atoms with Crippen LogP contribution < -0.4 is 10.1 Å². The molecule has 0 bridgehead atoms. The molecule has 0 amide bonds. The van der Waals surface area contributed by atoms with Crippen molar-refractivity contribution in [2.75, 3.05) is 13.7 Å². The second-order valence-electron chi connectivity index (χ2n) is 3.71. The van der Waals surface area contributed by atoms with Crippen molar-refractivity contribution in [1.82, 2.24) is 5.32 Å². The average molecular weight is 303 g/mol. The van der Waals surface area contributed by atoms with Crippen LogP contribution in [0.5, 0.6) is 5.75 Å². The molecule has 1 aromatic carbocycles. The zero-order valence-corrected chi connectivity index (χ0v) is 10.5. The standard InChI is InChI=1S/C11H14INO/c1-7-6-14-11-8(10(7)13-2)4-3-5-9(11)12/h3-5,7,10,13H,6H2,1-2H3. The highest BCUT2D eigenvalue weighted by Gasteiger charge is 2.27. The molecule has 1 aliphatic heterocycles. The normalized spacial score (nSPS) is 25.4. The average Bonchev–Trinajstić information content (AvgIpc) is 2.18. The van der Waals surface area contributed by atoms with Gasteiger partial charge in [-0.1, -0.05) is 19.1 Å². The van der Waals surface area contributed by atoms with Crippen molar-refractivity contribution in [3.8, 4) is 5.75 Å². The second kappa shape index (κ2) is 4.06. The first-order valence-corrected chi connectivity index (χ1v) is 5.90. The molecule has 2 atom stereocenters. The Hall–Kier alpha value is -0.290. The van der Waals surface area contributed by atoms with E-state index in [1.54, 1.807) is 0 Å². The van der Waals surface area contributed by atoms with Crippen LogP contribution in [0.4, 0.5) is 0 Å². The molecule has 1 heterocycles. The summed E-state index contributed by atoms with van der Waals surface area (Å²) in [4.78, 5) is 0. The Bertz CT molecular complexity index is 340. The molecule has 2 unspecified atom stereocenters. The van der Waals surface area contributed by atoms with Crippen molar-refractivity contribution < 1.29 is 4.74 Å². The Morgan fingerprint density at radius 2 is 2.29 bits per heavy atom. The van der Waals surface area contributed by atoms with Gasteiger partial charge in [0.2, 0.25) is 0 Å². The molecule has 0 radical (unpaired) electrons. The topological polar surface area (TPSA) is 21.3 Å². The first-order valence-electron chi connectivity index (χ1n) is 4.82.